The molecule has 1 aliphatic carbocycles. The fraction of sp³-hybridized carbons (Fsp3) is 0.562. The Labute approximate surface area is 114 Å². The summed E-state index contributed by atoms with van der Waals surface area (Å²) >= 11 is 0. The van der Waals surface area contributed by atoms with Gasteiger partial charge in [0.05, 0.1) is 5.56 Å². The number of carboxylic acid groups (broad SMARTS) is 1. The molecule has 0 bridgehead atoms. The van der Waals surface area contributed by atoms with Crippen LogP contribution >= 0.6 is 0 Å². The molecule has 102 valence electrons. The summed E-state index contributed by atoms with van der Waals surface area (Å²) in [4.78, 5) is 13.5. The largest absolute Gasteiger partial charge is 0.478 e. The average molecular weight is 259 g/mol. The third-order valence-electron chi connectivity index (χ3n) is 4.76. The molecule has 3 heteroatoms. The van der Waals surface area contributed by atoms with E-state index in [1.807, 2.05) is 13.0 Å². The van der Waals surface area contributed by atoms with Crippen LogP contribution in [0.5, 0.6) is 0 Å². The number of aromatic carboxylic acids is 1. The Bertz CT molecular complexity index is 498. The van der Waals surface area contributed by atoms with Gasteiger partial charge in [0, 0.05) is 18.3 Å². The second-order valence-electron chi connectivity index (χ2n) is 5.90. The number of anilines is 1. The van der Waals surface area contributed by atoms with Crippen LogP contribution in [0.4, 0.5) is 5.69 Å². The number of carbonyl (C=O) groups is 1. The first-order valence-electron chi connectivity index (χ1n) is 7.27. The summed E-state index contributed by atoms with van der Waals surface area (Å²) in [6.07, 6.45) is 6.68. The Hall–Kier alpha value is -1.51. The molecule has 1 aliphatic heterocycles. The Morgan fingerprint density at radius 2 is 2.05 bits per heavy atom. The Morgan fingerprint density at radius 3 is 2.79 bits per heavy atom. The molecule has 3 nitrogen and oxygen atoms in total. The highest BCUT2D eigenvalue weighted by Gasteiger charge is 2.36. The molecule has 1 N–H and O–H groups in total. The number of nitrogens with zero attached hydrogens (tertiary/aromatic N) is 1. The standard InChI is InChI=1S/C16H21NO2/c1-11-10-13(16(18)19)6-7-14(11)17-9-8-12-4-2-3-5-15(12)17/h6-7,10,12,15H,2-5,8-9H2,1H3,(H,18,19). The van der Waals surface area contributed by atoms with Gasteiger partial charge in [0.15, 0.2) is 0 Å². The summed E-state index contributed by atoms with van der Waals surface area (Å²) in [6, 6.07) is 6.22. The second-order valence-corrected chi connectivity index (χ2v) is 5.90. The van der Waals surface area contributed by atoms with Crippen molar-refractivity contribution in [3.05, 3.63) is 29.3 Å². The molecule has 2 aliphatic rings. The molecule has 1 saturated carbocycles. The highest BCUT2D eigenvalue weighted by molar-refractivity contribution is 5.88. The van der Waals surface area contributed by atoms with E-state index in [0.29, 0.717) is 11.6 Å². The van der Waals surface area contributed by atoms with Gasteiger partial charge in [0.2, 0.25) is 0 Å². The minimum absolute atomic E-state index is 0.389. The first kappa shape index (κ1) is 12.5. The predicted molar refractivity (Wildman–Crippen MR) is 75.8 cm³/mol. The maximum Gasteiger partial charge on any atom is 0.335 e. The van der Waals surface area contributed by atoms with Gasteiger partial charge in [0.25, 0.3) is 0 Å². The fourth-order valence-electron chi connectivity index (χ4n) is 3.82. The number of rotatable bonds is 2. The van der Waals surface area contributed by atoms with Gasteiger partial charge in [0.1, 0.15) is 0 Å². The lowest BCUT2D eigenvalue weighted by atomic mass is 9.85. The van der Waals surface area contributed by atoms with Crippen LogP contribution in [0, 0.1) is 12.8 Å². The van der Waals surface area contributed by atoms with Crippen molar-refractivity contribution in [1.29, 1.82) is 0 Å². The summed E-state index contributed by atoms with van der Waals surface area (Å²) in [7, 11) is 0. The maximum absolute atomic E-state index is 11.0. The van der Waals surface area contributed by atoms with Gasteiger partial charge >= 0.3 is 5.97 Å². The average Bonchev–Trinajstić information content (AvgIpc) is 2.82. The van der Waals surface area contributed by atoms with E-state index in [2.05, 4.69) is 4.90 Å². The highest BCUT2D eigenvalue weighted by atomic mass is 16.4. The van der Waals surface area contributed by atoms with Gasteiger partial charge in [-0.15, -0.1) is 0 Å². The first-order chi connectivity index (χ1) is 9.16. The molecule has 3 rings (SSSR count). The van der Waals surface area contributed by atoms with E-state index in [1.54, 1.807) is 12.1 Å². The minimum Gasteiger partial charge on any atom is -0.478 e. The van der Waals surface area contributed by atoms with Crippen LogP contribution in [0.15, 0.2) is 18.2 Å². The van der Waals surface area contributed by atoms with E-state index in [-0.39, 0.29) is 0 Å². The number of carboxylic acids is 1. The van der Waals surface area contributed by atoms with Gasteiger partial charge in [-0.3, -0.25) is 0 Å². The summed E-state index contributed by atoms with van der Waals surface area (Å²) < 4.78 is 0. The topological polar surface area (TPSA) is 40.5 Å². The van der Waals surface area contributed by atoms with Crippen LogP contribution < -0.4 is 4.90 Å². The molecule has 19 heavy (non-hydrogen) atoms. The molecule has 2 fully saturated rings. The van der Waals surface area contributed by atoms with Crippen LogP contribution in [0.1, 0.15) is 48.0 Å². The van der Waals surface area contributed by atoms with E-state index < -0.39 is 5.97 Å². The predicted octanol–water partition coefficient (Wildman–Crippen LogP) is 3.46. The fourth-order valence-corrected chi connectivity index (χ4v) is 3.82. The molecular formula is C16H21NO2. The van der Waals surface area contributed by atoms with Crippen LogP contribution in [0.2, 0.25) is 0 Å². The molecule has 0 spiro atoms. The van der Waals surface area contributed by atoms with Crippen LogP contribution in [0.3, 0.4) is 0 Å². The van der Waals surface area contributed by atoms with Crippen LogP contribution in [-0.4, -0.2) is 23.7 Å². The van der Waals surface area contributed by atoms with Crippen molar-refractivity contribution in [2.45, 2.75) is 45.1 Å². The lowest BCUT2D eigenvalue weighted by Gasteiger charge is -2.34. The minimum atomic E-state index is -0.841. The smallest absolute Gasteiger partial charge is 0.335 e. The molecular weight excluding hydrogens is 238 g/mol. The highest BCUT2D eigenvalue weighted by Crippen LogP contribution is 2.39. The lowest BCUT2D eigenvalue weighted by Crippen LogP contribution is -2.35. The Kier molecular flexibility index (Phi) is 3.21. The number of benzene rings is 1. The van der Waals surface area contributed by atoms with Gasteiger partial charge in [-0.1, -0.05) is 12.8 Å². The maximum atomic E-state index is 11.0. The molecule has 0 radical (unpaired) electrons. The van der Waals surface area contributed by atoms with Crippen LogP contribution in [-0.2, 0) is 0 Å². The molecule has 1 aromatic rings. The third-order valence-corrected chi connectivity index (χ3v) is 4.76. The van der Waals surface area contributed by atoms with E-state index in [9.17, 15) is 4.79 Å². The SMILES string of the molecule is Cc1cc(C(=O)O)ccc1N1CCC2CCCCC21. The van der Waals surface area contributed by atoms with Gasteiger partial charge < -0.3 is 10.0 Å². The Morgan fingerprint density at radius 1 is 1.26 bits per heavy atom. The zero-order valence-corrected chi connectivity index (χ0v) is 11.4. The molecule has 1 aromatic carbocycles. The van der Waals surface area contributed by atoms with E-state index in [0.717, 1.165) is 18.0 Å². The van der Waals surface area contributed by atoms with E-state index in [1.165, 1.54) is 37.8 Å². The van der Waals surface area contributed by atoms with Crippen molar-refractivity contribution >= 4 is 11.7 Å². The first-order valence-corrected chi connectivity index (χ1v) is 7.27. The van der Waals surface area contributed by atoms with E-state index >= 15 is 0 Å². The van der Waals surface area contributed by atoms with Crippen LogP contribution in [0.25, 0.3) is 0 Å². The van der Waals surface area contributed by atoms with Crippen molar-refractivity contribution in [1.82, 2.24) is 0 Å². The summed E-state index contributed by atoms with van der Waals surface area (Å²) in [5.74, 6) is 0.0129. The third kappa shape index (κ3) is 2.22. The Balaban J connectivity index is 1.88. The molecule has 1 heterocycles. The van der Waals surface area contributed by atoms with Crippen molar-refractivity contribution in [3.63, 3.8) is 0 Å². The van der Waals surface area contributed by atoms with E-state index in [4.69, 9.17) is 5.11 Å². The lowest BCUT2D eigenvalue weighted by molar-refractivity contribution is 0.0697. The van der Waals surface area contributed by atoms with Crippen molar-refractivity contribution in [2.24, 2.45) is 5.92 Å². The normalized spacial score (nSPS) is 26.3. The summed E-state index contributed by atoms with van der Waals surface area (Å²) in [5, 5.41) is 9.04. The second kappa shape index (κ2) is 4.87. The molecule has 2 atom stereocenters. The number of fused-ring (bicyclic) bond motifs is 1. The quantitative estimate of drug-likeness (QED) is 0.884. The summed E-state index contributed by atoms with van der Waals surface area (Å²) in [6.45, 7) is 3.15. The molecule has 0 aromatic heterocycles. The van der Waals surface area contributed by atoms with Gasteiger partial charge in [-0.2, -0.15) is 0 Å². The van der Waals surface area contributed by atoms with Gasteiger partial charge in [-0.05, 0) is 55.9 Å². The number of hydrogen-bond donors (Lipinski definition) is 1. The zero-order valence-electron chi connectivity index (χ0n) is 11.4. The molecule has 1 saturated heterocycles. The van der Waals surface area contributed by atoms with Gasteiger partial charge in [-0.25, -0.2) is 4.79 Å². The van der Waals surface area contributed by atoms with Crippen molar-refractivity contribution < 1.29 is 9.90 Å². The summed E-state index contributed by atoms with van der Waals surface area (Å²) in [5.41, 5.74) is 2.71. The van der Waals surface area contributed by atoms with Crippen molar-refractivity contribution in [3.8, 4) is 0 Å². The monoisotopic (exact) mass is 259 g/mol. The number of hydrogen-bond acceptors (Lipinski definition) is 2. The van der Waals surface area contributed by atoms with Crippen molar-refractivity contribution in [2.75, 3.05) is 11.4 Å². The molecule has 2 unspecified atom stereocenters. The zero-order chi connectivity index (χ0) is 13.4. The number of aryl methyl sites for hydroxylation is 1. The molecule has 0 amide bonds.